The zero-order chi connectivity index (χ0) is 85.2. The molecule has 0 aromatic heterocycles. The Morgan fingerprint density at radius 1 is 0.445 bits per heavy atom. The summed E-state index contributed by atoms with van der Waals surface area (Å²) in [6.45, 7) is 57.8. The molecule has 0 amide bonds. The van der Waals surface area contributed by atoms with Crippen LogP contribution < -0.4 is 0 Å². The summed E-state index contributed by atoms with van der Waals surface area (Å²) in [6, 6.07) is 20.4. The normalized spacial score (nSPS) is 18.4. The molecule has 642 valence electrons. The van der Waals surface area contributed by atoms with Crippen molar-refractivity contribution in [3.05, 3.63) is 71.8 Å². The summed E-state index contributed by atoms with van der Waals surface area (Å²) < 4.78 is 26.7. The highest BCUT2D eigenvalue weighted by Crippen LogP contribution is 2.64. The van der Waals surface area contributed by atoms with E-state index in [1.54, 1.807) is 69.2 Å². The molecule has 0 spiro atoms. The fraction of sp³-hybridized carbons (Fsp3) is 0.769. The molecule has 1 heterocycles. The number of carbonyl (C=O) groups is 9. The first-order valence-corrected chi connectivity index (χ1v) is 40.2. The monoisotopic (exact) mass is 1560 g/mol. The Kier molecular flexibility index (Phi) is 57.4. The van der Waals surface area contributed by atoms with Gasteiger partial charge in [0.05, 0.1) is 75.2 Å². The lowest BCUT2D eigenvalue weighted by molar-refractivity contribution is -0.158. The summed E-state index contributed by atoms with van der Waals surface area (Å²) in [5.41, 5.74) is -1.25. The first-order chi connectivity index (χ1) is 49.6. The molecule has 19 heteroatoms. The van der Waals surface area contributed by atoms with E-state index in [4.69, 9.17) is 44.5 Å². The number of esters is 4. The molecule has 4 fully saturated rings. The molecule has 110 heavy (non-hydrogen) atoms. The summed E-state index contributed by atoms with van der Waals surface area (Å²) in [5, 5.41) is 42.2. The lowest BCUT2D eigenvalue weighted by atomic mass is 9.79. The molecule has 3 saturated carbocycles. The van der Waals surface area contributed by atoms with Crippen molar-refractivity contribution >= 4 is 53.7 Å². The van der Waals surface area contributed by atoms with Gasteiger partial charge in [0.15, 0.2) is 0 Å². The van der Waals surface area contributed by atoms with E-state index < -0.39 is 56.9 Å². The second kappa shape index (κ2) is 55.2. The quantitative estimate of drug-likeness (QED) is 0.0287. The van der Waals surface area contributed by atoms with Crippen molar-refractivity contribution in [2.75, 3.05) is 13.7 Å². The average Bonchev–Trinajstić information content (AvgIpc) is 1.54. The largest absolute Gasteiger partial charge is 0.481 e. The van der Waals surface area contributed by atoms with Gasteiger partial charge in [-0.3, -0.25) is 43.2 Å². The standard InChI is InChI=1S/C15H22O3.C14H28O2.C13H18O2.C10H14.C7H14O2.5C6H12O2.2CH4/c1-3-7(2)15(16)18-11-5-8-4-10(11)13-9(8)6-12-14(13)17-12;1-6-9-10-12(7-2)11-16-13(15)14(4,5)8-3;1-4-13(2,3)12(14)15-10-11-8-6-5-7-9-11;1-3-9(2)10-7-5-4-6-8-10;1-5-7(2,3)6(8)9-4;5*1-4-6(2,3)5(7)8;;/h7-14H,3-6H2,1-2H3;12H,6-11H2,1-5H3;5-9H,4,10H2,1-3H3;4-9H,3H2,1-2H3;5H2,1-4H3;5*4H2,1-3H3,(H,7,8);2*1H4. The third-order valence-corrected chi connectivity index (χ3v) is 23.0. The van der Waals surface area contributed by atoms with Crippen LogP contribution >= 0.6 is 0 Å². The molecule has 1 aliphatic heterocycles. The molecule has 3 aliphatic carbocycles. The summed E-state index contributed by atoms with van der Waals surface area (Å²) in [7, 11) is 1.42. The number of epoxide rings is 1. The third kappa shape index (κ3) is 43.6. The van der Waals surface area contributed by atoms with E-state index in [-0.39, 0.29) is 67.0 Å². The van der Waals surface area contributed by atoms with Gasteiger partial charge in [-0.1, -0.05) is 192 Å². The molecular weight excluding hydrogens is 1400 g/mol. The first-order valence-electron chi connectivity index (χ1n) is 40.2. The van der Waals surface area contributed by atoms with Crippen LogP contribution in [0.15, 0.2) is 60.7 Å². The maximum atomic E-state index is 11.9. The van der Waals surface area contributed by atoms with Gasteiger partial charge in [-0.05, 0) is 241 Å². The van der Waals surface area contributed by atoms with Gasteiger partial charge in [-0.25, -0.2) is 0 Å². The molecule has 2 bridgehead atoms. The number of ether oxygens (including phenoxy) is 5. The van der Waals surface area contributed by atoms with Crippen LogP contribution in [0.1, 0.15) is 349 Å². The molecule has 2 aromatic rings. The number of fused-ring (bicyclic) bond motifs is 7. The van der Waals surface area contributed by atoms with Crippen LogP contribution in [-0.2, 0) is 73.4 Å². The van der Waals surface area contributed by atoms with Crippen LogP contribution in [0.3, 0.4) is 0 Å². The minimum atomic E-state index is -0.722. The summed E-state index contributed by atoms with van der Waals surface area (Å²) in [5.74, 6) is 0.394. The Labute approximate surface area is 669 Å². The number of hydrogen-bond acceptors (Lipinski definition) is 14. The summed E-state index contributed by atoms with van der Waals surface area (Å²) >= 11 is 0. The third-order valence-electron chi connectivity index (χ3n) is 23.0. The second-order valence-corrected chi connectivity index (χ2v) is 34.5. The minimum Gasteiger partial charge on any atom is -0.481 e. The van der Waals surface area contributed by atoms with E-state index in [2.05, 4.69) is 62.8 Å². The summed E-state index contributed by atoms with van der Waals surface area (Å²) in [4.78, 5) is 97.5. The van der Waals surface area contributed by atoms with Crippen LogP contribution in [0.25, 0.3) is 0 Å². The number of carboxylic acid groups (broad SMARTS) is 5. The SMILES string of the molecule is C.C.CCC(C)(C)C(=O)O.CCC(C)(C)C(=O)O.CCC(C)(C)C(=O)O.CCC(C)(C)C(=O)O.CCC(C)(C)C(=O)O.CCC(C)(C)C(=O)OC.CCC(C)(C)C(=O)OCc1ccccc1.CCC(C)C(=O)OC1CC2CC1C1C2CC2OC21.CCC(C)c1ccccc1.CCCCC(CC)COC(=O)C(C)(C)CC. The van der Waals surface area contributed by atoms with E-state index in [1.165, 1.54) is 51.2 Å². The fourth-order valence-corrected chi connectivity index (χ4v) is 9.50. The van der Waals surface area contributed by atoms with Gasteiger partial charge in [-0.15, -0.1) is 0 Å². The Bertz CT molecular complexity index is 2740. The van der Waals surface area contributed by atoms with E-state index in [0.717, 1.165) is 55.9 Å². The molecule has 1 saturated heterocycles. The van der Waals surface area contributed by atoms with Crippen molar-refractivity contribution in [2.45, 2.75) is 363 Å². The fourth-order valence-electron chi connectivity index (χ4n) is 9.50. The molecule has 10 atom stereocenters. The number of unbranched alkanes of at least 4 members (excludes halogenated alkanes) is 1. The van der Waals surface area contributed by atoms with Gasteiger partial charge < -0.3 is 49.2 Å². The smallest absolute Gasteiger partial charge is 0.311 e. The number of carbonyl (C=O) groups excluding carboxylic acids is 4. The van der Waals surface area contributed by atoms with Gasteiger partial charge in [-0.2, -0.15) is 0 Å². The van der Waals surface area contributed by atoms with E-state index in [1.807, 2.05) is 141 Å². The molecule has 6 rings (SSSR count). The lowest BCUT2D eigenvalue weighted by Crippen LogP contribution is -2.35. The van der Waals surface area contributed by atoms with Crippen LogP contribution in [0.5, 0.6) is 0 Å². The lowest BCUT2D eigenvalue weighted by Gasteiger charge is -2.32. The van der Waals surface area contributed by atoms with Gasteiger partial charge in [0, 0.05) is 5.92 Å². The van der Waals surface area contributed by atoms with E-state index >= 15 is 0 Å². The highest BCUT2D eigenvalue weighted by Gasteiger charge is 2.67. The van der Waals surface area contributed by atoms with Crippen molar-refractivity contribution in [2.24, 2.45) is 78.8 Å². The predicted octanol–water partition coefficient (Wildman–Crippen LogP) is 23.3. The Morgan fingerprint density at radius 2 is 0.800 bits per heavy atom. The van der Waals surface area contributed by atoms with Gasteiger partial charge in [0.2, 0.25) is 0 Å². The maximum absolute atomic E-state index is 11.9. The predicted molar refractivity (Wildman–Crippen MR) is 448 cm³/mol. The Balaban J connectivity index is -0.000000278. The van der Waals surface area contributed by atoms with Gasteiger partial charge >= 0.3 is 53.7 Å². The number of benzene rings is 2. The molecule has 10 unspecified atom stereocenters. The van der Waals surface area contributed by atoms with Gasteiger partial charge in [0.1, 0.15) is 12.7 Å². The highest BCUT2D eigenvalue weighted by molar-refractivity contribution is 5.77. The van der Waals surface area contributed by atoms with Crippen molar-refractivity contribution in [3.8, 4) is 0 Å². The molecule has 2 aromatic carbocycles. The Morgan fingerprint density at radius 3 is 1.10 bits per heavy atom. The van der Waals surface area contributed by atoms with Crippen LogP contribution in [0.4, 0.5) is 0 Å². The average molecular weight is 1560 g/mol. The topological polar surface area (TPSA) is 304 Å². The van der Waals surface area contributed by atoms with Crippen LogP contribution in [-0.4, -0.2) is 111 Å². The van der Waals surface area contributed by atoms with Crippen molar-refractivity contribution in [3.63, 3.8) is 0 Å². The molecule has 0 radical (unpaired) electrons. The van der Waals surface area contributed by atoms with Crippen LogP contribution in [0.2, 0.25) is 0 Å². The first kappa shape index (κ1) is 115. The molecule has 4 aliphatic rings. The highest BCUT2D eigenvalue weighted by atomic mass is 16.6. The van der Waals surface area contributed by atoms with E-state index in [9.17, 15) is 43.2 Å². The maximum Gasteiger partial charge on any atom is 0.311 e. The molecule has 19 nitrogen and oxygen atoms in total. The van der Waals surface area contributed by atoms with Crippen LogP contribution in [0, 0.1) is 78.8 Å². The number of carboxylic acids is 5. The number of hydrogen-bond donors (Lipinski definition) is 5. The zero-order valence-corrected chi connectivity index (χ0v) is 73.4. The van der Waals surface area contributed by atoms with Gasteiger partial charge in [0.25, 0.3) is 0 Å². The Hall–Kier alpha value is -6.37. The molecular formula is C91H164O19. The minimum absolute atomic E-state index is 0. The number of methoxy groups -OCH3 is 1. The molecule has 5 N–H and O–H groups in total. The van der Waals surface area contributed by atoms with Crippen molar-refractivity contribution in [1.82, 2.24) is 0 Å². The van der Waals surface area contributed by atoms with Crippen molar-refractivity contribution < 1.29 is 92.4 Å². The van der Waals surface area contributed by atoms with Crippen molar-refractivity contribution in [1.29, 1.82) is 0 Å². The second-order valence-electron chi connectivity index (χ2n) is 34.5. The van der Waals surface area contributed by atoms with E-state index in [0.29, 0.717) is 81.2 Å². The zero-order valence-electron chi connectivity index (χ0n) is 73.4. The number of rotatable bonds is 29. The number of aliphatic carboxylic acids is 5. The summed E-state index contributed by atoms with van der Waals surface area (Å²) in [6.07, 6.45) is 17.6.